The Morgan fingerprint density at radius 2 is 2.22 bits per heavy atom. The highest BCUT2D eigenvalue weighted by atomic mass is 32.2. The molecule has 2 atom stereocenters. The van der Waals surface area contributed by atoms with Crippen molar-refractivity contribution in [3.63, 3.8) is 0 Å². The molecule has 9 heteroatoms. The molecule has 0 fully saturated rings. The second-order valence-electron chi connectivity index (χ2n) is 4.79. The number of amides is 1. The van der Waals surface area contributed by atoms with E-state index in [1.54, 1.807) is 6.08 Å². The number of anilines is 1. The fraction of sp³-hybridized carbons (Fsp3) is 0.571. The Kier molecular flexibility index (Phi) is 8.64. The third-order valence-corrected chi connectivity index (χ3v) is 5.13. The predicted octanol–water partition coefficient (Wildman–Crippen LogP) is 1.93. The molecule has 0 aromatic carbocycles. The lowest BCUT2D eigenvalue weighted by atomic mass is 9.99. The van der Waals surface area contributed by atoms with E-state index in [-0.39, 0.29) is 17.6 Å². The Morgan fingerprint density at radius 3 is 2.83 bits per heavy atom. The maximum absolute atomic E-state index is 12.0. The summed E-state index contributed by atoms with van der Waals surface area (Å²) >= 11 is 2.64. The summed E-state index contributed by atoms with van der Waals surface area (Å²) in [5, 5.41) is 14.4. The lowest BCUT2D eigenvalue weighted by molar-refractivity contribution is -0.146. The first-order chi connectivity index (χ1) is 11.0. The van der Waals surface area contributed by atoms with Gasteiger partial charge in [-0.05, 0) is 5.92 Å². The number of carbonyl (C=O) groups excluding carboxylic acids is 2. The highest BCUT2D eigenvalue weighted by Gasteiger charge is 2.26. The van der Waals surface area contributed by atoms with Gasteiger partial charge in [0, 0.05) is 6.54 Å². The zero-order valence-corrected chi connectivity index (χ0v) is 15.1. The number of hydrogen-bond acceptors (Lipinski definition) is 8. The lowest BCUT2D eigenvalue weighted by Gasteiger charge is -2.21. The van der Waals surface area contributed by atoms with Crippen molar-refractivity contribution < 1.29 is 14.3 Å². The van der Waals surface area contributed by atoms with Gasteiger partial charge in [0.2, 0.25) is 11.0 Å². The molecule has 128 valence electrons. The van der Waals surface area contributed by atoms with Gasteiger partial charge in [-0.25, -0.2) is 4.79 Å². The number of nitrogens with one attached hydrogen (secondary N) is 2. The molecular formula is C14H22N4O3S2. The van der Waals surface area contributed by atoms with E-state index >= 15 is 0 Å². The molecule has 0 aliphatic heterocycles. The molecule has 0 saturated heterocycles. The largest absolute Gasteiger partial charge is 0.467 e. The fourth-order valence-electron chi connectivity index (χ4n) is 1.64. The number of rotatable bonds is 10. The van der Waals surface area contributed by atoms with Crippen molar-refractivity contribution in [1.82, 2.24) is 15.5 Å². The number of aromatic nitrogens is 2. The highest BCUT2D eigenvalue weighted by Crippen LogP contribution is 2.25. The first-order valence-electron chi connectivity index (χ1n) is 7.20. The van der Waals surface area contributed by atoms with Crippen LogP contribution in [-0.4, -0.2) is 47.5 Å². The monoisotopic (exact) mass is 358 g/mol. The first-order valence-corrected chi connectivity index (χ1v) is 9.00. The van der Waals surface area contributed by atoms with Crippen LogP contribution in [0.15, 0.2) is 17.0 Å². The summed E-state index contributed by atoms with van der Waals surface area (Å²) in [7, 11) is 1.32. The Balaban J connectivity index is 2.50. The van der Waals surface area contributed by atoms with Gasteiger partial charge in [0.05, 0.1) is 12.9 Å². The van der Waals surface area contributed by atoms with Crippen molar-refractivity contribution in [1.29, 1.82) is 0 Å². The maximum Gasteiger partial charge on any atom is 0.328 e. The average Bonchev–Trinajstić information content (AvgIpc) is 3.02. The molecule has 0 unspecified atom stereocenters. The topological polar surface area (TPSA) is 93.2 Å². The van der Waals surface area contributed by atoms with Gasteiger partial charge in [0.1, 0.15) is 6.04 Å². The molecule has 1 aromatic rings. The summed E-state index contributed by atoms with van der Waals surface area (Å²) in [5.74, 6) is -0.487. The van der Waals surface area contributed by atoms with Crippen molar-refractivity contribution in [3.05, 3.63) is 12.7 Å². The van der Waals surface area contributed by atoms with Gasteiger partial charge in [-0.2, -0.15) is 0 Å². The predicted molar refractivity (Wildman–Crippen MR) is 92.7 cm³/mol. The number of ether oxygens (including phenoxy) is 1. The molecule has 1 amide bonds. The van der Waals surface area contributed by atoms with Crippen LogP contribution >= 0.6 is 23.1 Å². The molecule has 0 bridgehead atoms. The minimum atomic E-state index is -0.627. The SMILES string of the molecule is C=CCNc1nnc(SCC(=O)N[C@@H](C(=O)OC)[C@@H](C)CC)s1. The minimum Gasteiger partial charge on any atom is -0.467 e. The van der Waals surface area contributed by atoms with Crippen molar-refractivity contribution >= 4 is 40.1 Å². The van der Waals surface area contributed by atoms with Crippen LogP contribution in [0.2, 0.25) is 0 Å². The summed E-state index contributed by atoms with van der Waals surface area (Å²) in [4.78, 5) is 23.8. The molecule has 1 heterocycles. The van der Waals surface area contributed by atoms with E-state index in [1.807, 2.05) is 13.8 Å². The summed E-state index contributed by atoms with van der Waals surface area (Å²) < 4.78 is 5.43. The molecule has 0 spiro atoms. The summed E-state index contributed by atoms with van der Waals surface area (Å²) in [6.07, 6.45) is 2.49. The number of hydrogen-bond donors (Lipinski definition) is 2. The van der Waals surface area contributed by atoms with Gasteiger partial charge < -0.3 is 15.4 Å². The van der Waals surface area contributed by atoms with Crippen LogP contribution < -0.4 is 10.6 Å². The van der Waals surface area contributed by atoms with Crippen LogP contribution in [0, 0.1) is 5.92 Å². The van der Waals surface area contributed by atoms with Crippen molar-refractivity contribution in [2.24, 2.45) is 5.92 Å². The van der Waals surface area contributed by atoms with Gasteiger partial charge in [0.25, 0.3) is 0 Å². The van der Waals surface area contributed by atoms with Gasteiger partial charge >= 0.3 is 5.97 Å². The number of thioether (sulfide) groups is 1. The van der Waals surface area contributed by atoms with Crippen molar-refractivity contribution in [2.75, 3.05) is 24.7 Å². The van der Waals surface area contributed by atoms with Gasteiger partial charge in [-0.3, -0.25) is 4.79 Å². The molecule has 7 nitrogen and oxygen atoms in total. The number of methoxy groups -OCH3 is 1. The van der Waals surface area contributed by atoms with E-state index in [9.17, 15) is 9.59 Å². The third kappa shape index (κ3) is 6.57. The fourth-order valence-corrected chi connectivity index (χ4v) is 3.21. The molecule has 0 aliphatic rings. The third-order valence-electron chi connectivity index (χ3n) is 3.12. The van der Waals surface area contributed by atoms with Crippen LogP contribution in [0.25, 0.3) is 0 Å². The van der Waals surface area contributed by atoms with E-state index in [0.29, 0.717) is 16.0 Å². The van der Waals surface area contributed by atoms with E-state index in [1.165, 1.54) is 30.2 Å². The van der Waals surface area contributed by atoms with Gasteiger partial charge in [0.15, 0.2) is 4.34 Å². The first kappa shape index (κ1) is 19.4. The van der Waals surface area contributed by atoms with Crippen LogP contribution in [0.3, 0.4) is 0 Å². The number of nitrogens with zero attached hydrogens (tertiary/aromatic N) is 2. The molecule has 23 heavy (non-hydrogen) atoms. The molecular weight excluding hydrogens is 336 g/mol. The molecule has 0 aliphatic carbocycles. The Hall–Kier alpha value is -1.61. The van der Waals surface area contributed by atoms with Crippen molar-refractivity contribution in [2.45, 2.75) is 30.6 Å². The standard InChI is InChI=1S/C14H22N4O3S2/c1-5-7-15-13-17-18-14(23-13)22-8-10(19)16-11(9(3)6-2)12(20)21-4/h5,9,11H,1,6-8H2,2-4H3,(H,15,17)(H,16,19)/t9-,11+/m0/s1. The van der Waals surface area contributed by atoms with Crippen LogP contribution in [0.5, 0.6) is 0 Å². The van der Waals surface area contributed by atoms with Crippen LogP contribution in [-0.2, 0) is 14.3 Å². The van der Waals surface area contributed by atoms with E-state index in [0.717, 1.165) is 6.42 Å². The minimum absolute atomic E-state index is 0.00707. The molecule has 0 radical (unpaired) electrons. The molecule has 0 saturated carbocycles. The Bertz CT molecular complexity index is 536. The Labute approximate surface area is 144 Å². The summed E-state index contributed by atoms with van der Waals surface area (Å²) in [6, 6.07) is -0.627. The number of esters is 1. The maximum atomic E-state index is 12.0. The average molecular weight is 358 g/mol. The quantitative estimate of drug-likeness (QED) is 0.375. The zero-order valence-electron chi connectivity index (χ0n) is 13.5. The van der Waals surface area contributed by atoms with E-state index < -0.39 is 12.0 Å². The molecule has 1 rings (SSSR count). The Morgan fingerprint density at radius 1 is 1.48 bits per heavy atom. The lowest BCUT2D eigenvalue weighted by Crippen LogP contribution is -2.46. The normalized spacial score (nSPS) is 13.0. The van der Waals surface area contributed by atoms with Gasteiger partial charge in [-0.15, -0.1) is 16.8 Å². The number of carbonyl (C=O) groups is 2. The van der Waals surface area contributed by atoms with E-state index in [2.05, 4.69) is 27.4 Å². The molecule has 1 aromatic heterocycles. The van der Waals surface area contributed by atoms with E-state index in [4.69, 9.17) is 4.74 Å². The second-order valence-corrected chi connectivity index (χ2v) is 6.99. The van der Waals surface area contributed by atoms with Crippen molar-refractivity contribution in [3.8, 4) is 0 Å². The molecule has 2 N–H and O–H groups in total. The summed E-state index contributed by atoms with van der Waals surface area (Å²) in [6.45, 7) is 8.08. The van der Waals surface area contributed by atoms with Gasteiger partial charge in [-0.1, -0.05) is 49.4 Å². The highest BCUT2D eigenvalue weighted by molar-refractivity contribution is 8.01. The smallest absolute Gasteiger partial charge is 0.328 e. The summed E-state index contributed by atoms with van der Waals surface area (Å²) in [5.41, 5.74) is 0. The van der Waals surface area contributed by atoms with Crippen LogP contribution in [0.1, 0.15) is 20.3 Å². The van der Waals surface area contributed by atoms with Crippen LogP contribution in [0.4, 0.5) is 5.13 Å². The zero-order chi connectivity index (χ0) is 17.2. The second kappa shape index (κ2) is 10.2.